The molecular formula is C16H20BrNOS. The number of hydrogen-bond donors (Lipinski definition) is 1. The molecule has 1 N–H and O–H groups in total. The summed E-state index contributed by atoms with van der Waals surface area (Å²) in [7, 11) is 0. The van der Waals surface area contributed by atoms with Gasteiger partial charge in [0.25, 0.3) is 0 Å². The lowest BCUT2D eigenvalue weighted by Crippen LogP contribution is -2.34. The third kappa shape index (κ3) is 4.62. The largest absolute Gasteiger partial charge is 0.492 e. The van der Waals surface area contributed by atoms with Crippen LogP contribution in [0.4, 0.5) is 0 Å². The van der Waals surface area contributed by atoms with Gasteiger partial charge in [-0.15, -0.1) is 11.3 Å². The average molecular weight is 354 g/mol. The van der Waals surface area contributed by atoms with Gasteiger partial charge in [-0.1, -0.05) is 35.8 Å². The molecule has 2 aromatic rings. The SMILES string of the molecule is CC(C)(CNCCOc1ccc(Br)cc1)c1cccs1. The van der Waals surface area contributed by atoms with E-state index in [-0.39, 0.29) is 5.41 Å². The lowest BCUT2D eigenvalue weighted by molar-refractivity contribution is 0.307. The van der Waals surface area contributed by atoms with Gasteiger partial charge in [0.15, 0.2) is 0 Å². The molecule has 0 bridgehead atoms. The molecule has 0 aliphatic heterocycles. The molecule has 0 spiro atoms. The van der Waals surface area contributed by atoms with Crippen molar-refractivity contribution in [3.63, 3.8) is 0 Å². The van der Waals surface area contributed by atoms with Gasteiger partial charge in [-0.25, -0.2) is 0 Å². The smallest absolute Gasteiger partial charge is 0.119 e. The molecule has 108 valence electrons. The summed E-state index contributed by atoms with van der Waals surface area (Å²) in [5, 5.41) is 5.60. The Kier molecular flexibility index (Phi) is 5.64. The summed E-state index contributed by atoms with van der Waals surface area (Å²) in [6.07, 6.45) is 0. The standard InChI is InChI=1S/C16H20BrNOS/c1-16(2,15-4-3-11-20-15)12-18-9-10-19-14-7-5-13(17)6-8-14/h3-8,11,18H,9-10,12H2,1-2H3. The summed E-state index contributed by atoms with van der Waals surface area (Å²) in [5.74, 6) is 0.910. The molecule has 4 heteroatoms. The van der Waals surface area contributed by atoms with E-state index in [4.69, 9.17) is 4.74 Å². The van der Waals surface area contributed by atoms with Crippen molar-refractivity contribution in [3.05, 3.63) is 51.1 Å². The predicted octanol–water partition coefficient (Wildman–Crippen LogP) is 4.46. The van der Waals surface area contributed by atoms with Crippen LogP contribution < -0.4 is 10.1 Å². The Balaban J connectivity index is 1.68. The highest BCUT2D eigenvalue weighted by molar-refractivity contribution is 9.10. The molecule has 0 amide bonds. The molecule has 0 radical (unpaired) electrons. The summed E-state index contributed by atoms with van der Waals surface area (Å²) in [4.78, 5) is 1.42. The van der Waals surface area contributed by atoms with E-state index in [2.05, 4.69) is 52.6 Å². The second-order valence-corrected chi connectivity index (χ2v) is 7.20. The maximum atomic E-state index is 5.69. The molecule has 0 saturated carbocycles. The molecule has 20 heavy (non-hydrogen) atoms. The predicted molar refractivity (Wildman–Crippen MR) is 89.9 cm³/mol. The van der Waals surface area contributed by atoms with Gasteiger partial charge >= 0.3 is 0 Å². The number of thiophene rings is 1. The highest BCUT2D eigenvalue weighted by atomic mass is 79.9. The van der Waals surface area contributed by atoms with Crippen molar-refractivity contribution >= 4 is 27.3 Å². The Morgan fingerprint density at radius 2 is 1.95 bits per heavy atom. The van der Waals surface area contributed by atoms with Crippen LogP contribution in [-0.4, -0.2) is 19.7 Å². The van der Waals surface area contributed by atoms with Crippen LogP contribution in [0.2, 0.25) is 0 Å². The van der Waals surface area contributed by atoms with Crippen LogP contribution in [0.5, 0.6) is 5.75 Å². The van der Waals surface area contributed by atoms with Crippen LogP contribution in [0.1, 0.15) is 18.7 Å². The second kappa shape index (κ2) is 7.25. The van der Waals surface area contributed by atoms with E-state index in [1.165, 1.54) is 4.88 Å². The van der Waals surface area contributed by atoms with Crippen molar-refractivity contribution in [2.24, 2.45) is 0 Å². The maximum absolute atomic E-state index is 5.69. The second-order valence-electron chi connectivity index (χ2n) is 5.34. The van der Waals surface area contributed by atoms with E-state index in [0.29, 0.717) is 6.61 Å². The molecule has 1 aromatic carbocycles. The van der Waals surface area contributed by atoms with E-state index >= 15 is 0 Å². The summed E-state index contributed by atoms with van der Waals surface area (Å²) in [5.41, 5.74) is 0.172. The summed E-state index contributed by atoms with van der Waals surface area (Å²) in [6, 6.07) is 12.2. The molecular weight excluding hydrogens is 334 g/mol. The topological polar surface area (TPSA) is 21.3 Å². The fourth-order valence-corrected chi connectivity index (χ4v) is 3.04. The fourth-order valence-electron chi connectivity index (χ4n) is 1.92. The first-order chi connectivity index (χ1) is 9.58. The zero-order valence-corrected chi connectivity index (χ0v) is 14.3. The molecule has 0 fully saturated rings. The molecule has 2 nitrogen and oxygen atoms in total. The summed E-state index contributed by atoms with van der Waals surface area (Å²) < 4.78 is 6.76. The van der Waals surface area contributed by atoms with Gasteiger partial charge in [0.05, 0.1) is 0 Å². The number of ether oxygens (including phenoxy) is 1. The van der Waals surface area contributed by atoms with Gasteiger partial charge in [-0.3, -0.25) is 0 Å². The number of rotatable bonds is 7. The summed E-state index contributed by atoms with van der Waals surface area (Å²) >= 11 is 5.23. The lowest BCUT2D eigenvalue weighted by atomic mass is 9.91. The van der Waals surface area contributed by atoms with Crippen LogP contribution >= 0.6 is 27.3 Å². The molecule has 1 heterocycles. The minimum absolute atomic E-state index is 0.172. The third-order valence-electron chi connectivity index (χ3n) is 3.12. The number of halogens is 1. The number of benzene rings is 1. The van der Waals surface area contributed by atoms with Crippen LogP contribution in [0, 0.1) is 0 Å². The Morgan fingerprint density at radius 3 is 2.60 bits per heavy atom. The van der Waals surface area contributed by atoms with Gasteiger partial charge in [0.2, 0.25) is 0 Å². The van der Waals surface area contributed by atoms with Gasteiger partial charge in [0, 0.05) is 27.9 Å². The van der Waals surface area contributed by atoms with Gasteiger partial charge in [-0.2, -0.15) is 0 Å². The van der Waals surface area contributed by atoms with Crippen LogP contribution in [0.3, 0.4) is 0 Å². The number of hydrogen-bond acceptors (Lipinski definition) is 3. The maximum Gasteiger partial charge on any atom is 0.119 e. The van der Waals surface area contributed by atoms with E-state index in [0.717, 1.165) is 23.3 Å². The van der Waals surface area contributed by atoms with Crippen molar-refractivity contribution in [1.82, 2.24) is 5.32 Å². The monoisotopic (exact) mass is 353 g/mol. The first kappa shape index (κ1) is 15.5. The highest BCUT2D eigenvalue weighted by Crippen LogP contribution is 2.26. The van der Waals surface area contributed by atoms with Crippen molar-refractivity contribution in [3.8, 4) is 5.75 Å². The molecule has 0 aliphatic carbocycles. The van der Waals surface area contributed by atoms with Crippen molar-refractivity contribution in [2.45, 2.75) is 19.3 Å². The zero-order chi connectivity index (χ0) is 14.4. The van der Waals surface area contributed by atoms with E-state index in [1.54, 1.807) is 0 Å². The molecule has 0 unspecified atom stereocenters. The van der Waals surface area contributed by atoms with Crippen LogP contribution in [-0.2, 0) is 5.41 Å². The average Bonchev–Trinajstić information content (AvgIpc) is 2.95. The molecule has 0 saturated heterocycles. The van der Waals surface area contributed by atoms with Crippen molar-refractivity contribution in [2.75, 3.05) is 19.7 Å². The molecule has 2 rings (SSSR count). The van der Waals surface area contributed by atoms with Crippen molar-refractivity contribution < 1.29 is 4.74 Å². The quantitative estimate of drug-likeness (QED) is 0.742. The third-order valence-corrected chi connectivity index (χ3v) is 4.88. The highest BCUT2D eigenvalue weighted by Gasteiger charge is 2.20. The first-order valence-corrected chi connectivity index (χ1v) is 8.38. The number of nitrogens with one attached hydrogen (secondary N) is 1. The minimum atomic E-state index is 0.172. The molecule has 1 aromatic heterocycles. The van der Waals surface area contributed by atoms with Crippen LogP contribution in [0.25, 0.3) is 0 Å². The molecule has 0 atom stereocenters. The van der Waals surface area contributed by atoms with E-state index in [1.807, 2.05) is 35.6 Å². The van der Waals surface area contributed by atoms with E-state index < -0.39 is 0 Å². The first-order valence-electron chi connectivity index (χ1n) is 6.71. The minimum Gasteiger partial charge on any atom is -0.492 e. The van der Waals surface area contributed by atoms with Gasteiger partial charge in [0.1, 0.15) is 12.4 Å². The Hall–Kier alpha value is -0.840. The van der Waals surface area contributed by atoms with Gasteiger partial charge < -0.3 is 10.1 Å². The Morgan fingerprint density at radius 1 is 1.20 bits per heavy atom. The summed E-state index contributed by atoms with van der Waals surface area (Å²) in [6.45, 7) is 7.02. The zero-order valence-electron chi connectivity index (χ0n) is 11.9. The lowest BCUT2D eigenvalue weighted by Gasteiger charge is -2.23. The van der Waals surface area contributed by atoms with Gasteiger partial charge in [-0.05, 0) is 35.7 Å². The Bertz CT molecular complexity index is 508. The molecule has 0 aliphatic rings. The Labute approximate surface area is 133 Å². The van der Waals surface area contributed by atoms with E-state index in [9.17, 15) is 0 Å². The normalized spacial score (nSPS) is 11.6. The van der Waals surface area contributed by atoms with Crippen LogP contribution in [0.15, 0.2) is 46.3 Å². The van der Waals surface area contributed by atoms with Crippen molar-refractivity contribution in [1.29, 1.82) is 0 Å². The fraction of sp³-hybridized carbons (Fsp3) is 0.375.